The molecular weight excluding hydrogens is 268 g/mol. The third-order valence-electron chi connectivity index (χ3n) is 3.18. The number of hydrogen-bond donors (Lipinski definition) is 0. The summed E-state index contributed by atoms with van der Waals surface area (Å²) in [5.74, 6) is 1.26. The van der Waals surface area contributed by atoms with E-state index in [2.05, 4.69) is 26.8 Å². The molecule has 1 heterocycles. The van der Waals surface area contributed by atoms with Gasteiger partial charge in [-0.25, -0.2) is 0 Å². The summed E-state index contributed by atoms with van der Waals surface area (Å²) in [6.45, 7) is 6.48. The van der Waals surface area contributed by atoms with Crippen molar-refractivity contribution in [1.29, 1.82) is 0 Å². The number of ketones is 1. The van der Waals surface area contributed by atoms with Crippen molar-refractivity contribution in [2.75, 3.05) is 6.61 Å². The van der Waals surface area contributed by atoms with Gasteiger partial charge in [-0.15, -0.1) is 11.3 Å². The van der Waals surface area contributed by atoms with E-state index < -0.39 is 0 Å². The molecule has 0 unspecified atom stereocenters. The molecule has 0 aliphatic rings. The molecule has 0 atom stereocenters. The Morgan fingerprint density at radius 1 is 1.25 bits per heavy atom. The Morgan fingerprint density at radius 3 is 2.70 bits per heavy atom. The van der Waals surface area contributed by atoms with Crippen LogP contribution < -0.4 is 4.74 Å². The van der Waals surface area contributed by atoms with Gasteiger partial charge < -0.3 is 4.74 Å². The second-order valence-corrected chi connectivity index (χ2v) is 6.23. The van der Waals surface area contributed by atoms with Crippen LogP contribution in [0.25, 0.3) is 0 Å². The van der Waals surface area contributed by atoms with E-state index in [-0.39, 0.29) is 12.4 Å². The number of rotatable bonds is 6. The first kappa shape index (κ1) is 14.8. The van der Waals surface area contributed by atoms with Crippen molar-refractivity contribution in [1.82, 2.24) is 0 Å². The van der Waals surface area contributed by atoms with Gasteiger partial charge in [-0.1, -0.05) is 32.9 Å². The molecule has 0 fully saturated rings. The van der Waals surface area contributed by atoms with Crippen LogP contribution in [0.15, 0.2) is 36.4 Å². The second kappa shape index (κ2) is 6.71. The molecule has 0 spiro atoms. The molecule has 0 N–H and O–H groups in total. The molecule has 106 valence electrons. The lowest BCUT2D eigenvalue weighted by Crippen LogP contribution is -2.10. The average Bonchev–Trinajstić information content (AvgIpc) is 2.94. The van der Waals surface area contributed by atoms with Crippen LogP contribution in [0.5, 0.6) is 5.75 Å². The predicted molar refractivity (Wildman–Crippen MR) is 84.1 cm³/mol. The highest BCUT2D eigenvalue weighted by Gasteiger charge is 2.10. The van der Waals surface area contributed by atoms with E-state index in [9.17, 15) is 4.79 Å². The summed E-state index contributed by atoms with van der Waals surface area (Å²) in [6.07, 6.45) is 0.967. The van der Waals surface area contributed by atoms with Crippen molar-refractivity contribution in [3.8, 4) is 5.75 Å². The highest BCUT2D eigenvalue weighted by molar-refractivity contribution is 7.14. The Kier molecular flexibility index (Phi) is 4.96. The van der Waals surface area contributed by atoms with Crippen LogP contribution >= 0.6 is 11.3 Å². The number of aryl methyl sites for hydroxylation is 1. The van der Waals surface area contributed by atoms with Crippen molar-refractivity contribution in [2.45, 2.75) is 33.1 Å². The van der Waals surface area contributed by atoms with Gasteiger partial charge in [-0.2, -0.15) is 0 Å². The molecule has 2 aromatic rings. The standard InChI is InChI=1S/C17H20O2S/c1-4-15-8-9-17(20-15)16(18)11-19-14-7-5-6-13(10-14)12(2)3/h5-10,12H,4,11H2,1-3H3. The number of ether oxygens (including phenoxy) is 1. The maximum Gasteiger partial charge on any atom is 0.210 e. The lowest BCUT2D eigenvalue weighted by molar-refractivity contribution is 0.0925. The van der Waals surface area contributed by atoms with Gasteiger partial charge >= 0.3 is 0 Å². The highest BCUT2D eigenvalue weighted by atomic mass is 32.1. The third-order valence-corrected chi connectivity index (χ3v) is 4.45. The van der Waals surface area contributed by atoms with Gasteiger partial charge in [0.15, 0.2) is 6.61 Å². The number of benzene rings is 1. The zero-order valence-electron chi connectivity index (χ0n) is 12.2. The van der Waals surface area contributed by atoms with Crippen LogP contribution in [0.1, 0.15) is 46.8 Å². The summed E-state index contributed by atoms with van der Waals surface area (Å²) in [5, 5.41) is 0. The van der Waals surface area contributed by atoms with E-state index >= 15 is 0 Å². The molecule has 2 nitrogen and oxygen atoms in total. The quantitative estimate of drug-likeness (QED) is 0.720. The molecule has 1 aromatic heterocycles. The fourth-order valence-electron chi connectivity index (χ4n) is 1.90. The van der Waals surface area contributed by atoms with Gasteiger partial charge in [0.1, 0.15) is 5.75 Å². The third kappa shape index (κ3) is 3.70. The molecule has 3 heteroatoms. The van der Waals surface area contributed by atoms with Crippen molar-refractivity contribution < 1.29 is 9.53 Å². The van der Waals surface area contributed by atoms with Crippen LogP contribution in [0.2, 0.25) is 0 Å². The second-order valence-electron chi connectivity index (χ2n) is 5.06. The summed E-state index contributed by atoms with van der Waals surface area (Å²) >= 11 is 1.55. The maximum atomic E-state index is 12.1. The van der Waals surface area contributed by atoms with Crippen LogP contribution in [0.4, 0.5) is 0 Å². The largest absolute Gasteiger partial charge is 0.485 e. The van der Waals surface area contributed by atoms with Crippen LogP contribution in [0.3, 0.4) is 0 Å². The smallest absolute Gasteiger partial charge is 0.210 e. The molecule has 0 saturated heterocycles. The van der Waals surface area contributed by atoms with Gasteiger partial charge in [0.25, 0.3) is 0 Å². The number of carbonyl (C=O) groups is 1. The summed E-state index contributed by atoms with van der Waals surface area (Å²) in [7, 11) is 0. The van der Waals surface area contributed by atoms with Gasteiger partial charge in [-0.05, 0) is 42.2 Å². The normalized spacial score (nSPS) is 10.8. The molecular formula is C17H20O2S. The molecule has 20 heavy (non-hydrogen) atoms. The minimum atomic E-state index is 0.0460. The Balaban J connectivity index is 1.97. The van der Waals surface area contributed by atoms with Crippen molar-refractivity contribution in [3.05, 3.63) is 51.7 Å². The molecule has 0 aliphatic carbocycles. The first-order chi connectivity index (χ1) is 9.60. The molecule has 0 bridgehead atoms. The van der Waals surface area contributed by atoms with Crippen molar-refractivity contribution >= 4 is 17.1 Å². The first-order valence-electron chi connectivity index (χ1n) is 6.94. The van der Waals surface area contributed by atoms with Gasteiger partial charge in [0.05, 0.1) is 4.88 Å². The zero-order chi connectivity index (χ0) is 14.5. The molecule has 2 rings (SSSR count). The van der Waals surface area contributed by atoms with Crippen molar-refractivity contribution in [2.24, 2.45) is 0 Å². The van der Waals surface area contributed by atoms with E-state index in [4.69, 9.17) is 4.74 Å². The monoisotopic (exact) mass is 288 g/mol. The van der Waals surface area contributed by atoms with E-state index in [0.717, 1.165) is 17.0 Å². The van der Waals surface area contributed by atoms with Gasteiger partial charge in [-0.3, -0.25) is 4.79 Å². The minimum Gasteiger partial charge on any atom is -0.485 e. The summed E-state index contributed by atoms with van der Waals surface area (Å²) in [6, 6.07) is 11.8. The lowest BCUT2D eigenvalue weighted by atomic mass is 10.0. The van der Waals surface area contributed by atoms with Crippen LogP contribution in [-0.4, -0.2) is 12.4 Å². The van der Waals surface area contributed by atoms with Crippen LogP contribution in [-0.2, 0) is 6.42 Å². The minimum absolute atomic E-state index is 0.0460. The first-order valence-corrected chi connectivity index (χ1v) is 7.76. The SMILES string of the molecule is CCc1ccc(C(=O)COc2cccc(C(C)C)c2)s1. The Morgan fingerprint density at radius 2 is 2.05 bits per heavy atom. The van der Waals surface area contributed by atoms with Gasteiger partial charge in [0, 0.05) is 4.88 Å². The summed E-state index contributed by atoms with van der Waals surface area (Å²) in [4.78, 5) is 14.1. The topological polar surface area (TPSA) is 26.3 Å². The summed E-state index contributed by atoms with van der Waals surface area (Å²) in [5.41, 5.74) is 1.22. The molecule has 0 amide bonds. The Bertz CT molecular complexity index is 584. The summed E-state index contributed by atoms with van der Waals surface area (Å²) < 4.78 is 5.61. The molecule has 0 aliphatic heterocycles. The maximum absolute atomic E-state index is 12.1. The van der Waals surface area contributed by atoms with Crippen molar-refractivity contribution in [3.63, 3.8) is 0 Å². The van der Waals surface area contributed by atoms with E-state index in [1.807, 2.05) is 30.3 Å². The number of hydrogen-bond acceptors (Lipinski definition) is 3. The fraction of sp³-hybridized carbons (Fsp3) is 0.353. The molecule has 1 aromatic carbocycles. The molecule has 0 radical (unpaired) electrons. The average molecular weight is 288 g/mol. The van der Waals surface area contributed by atoms with E-state index in [1.165, 1.54) is 10.4 Å². The van der Waals surface area contributed by atoms with Crippen LogP contribution in [0, 0.1) is 0 Å². The van der Waals surface area contributed by atoms with E-state index in [1.54, 1.807) is 11.3 Å². The fourth-order valence-corrected chi connectivity index (χ4v) is 2.77. The lowest BCUT2D eigenvalue weighted by Gasteiger charge is -2.09. The Hall–Kier alpha value is -1.61. The molecule has 0 saturated carbocycles. The Labute approximate surface area is 124 Å². The predicted octanol–water partition coefficient (Wildman–Crippen LogP) is 4.70. The number of Topliss-reactive ketones (excluding diaryl/α,β-unsaturated/α-hetero) is 1. The highest BCUT2D eigenvalue weighted by Crippen LogP contribution is 2.21. The number of thiophene rings is 1. The van der Waals surface area contributed by atoms with Gasteiger partial charge in [0.2, 0.25) is 5.78 Å². The number of carbonyl (C=O) groups excluding carboxylic acids is 1. The van der Waals surface area contributed by atoms with E-state index in [0.29, 0.717) is 5.92 Å². The zero-order valence-corrected chi connectivity index (χ0v) is 13.0.